The number of benzene rings is 1. The van der Waals surface area contributed by atoms with Gasteiger partial charge in [-0.25, -0.2) is 0 Å². The second kappa shape index (κ2) is 7.82. The van der Waals surface area contributed by atoms with Crippen LogP contribution in [0.25, 0.3) is 0 Å². The van der Waals surface area contributed by atoms with Crippen LogP contribution < -0.4 is 5.46 Å². The molecule has 0 aromatic heterocycles. The Morgan fingerprint density at radius 1 is 1.24 bits per heavy atom. The molecule has 0 radical (unpaired) electrons. The van der Waals surface area contributed by atoms with Crippen molar-refractivity contribution in [3.63, 3.8) is 0 Å². The van der Waals surface area contributed by atoms with Crippen LogP contribution >= 0.6 is 0 Å². The maximum atomic E-state index is 9.18. The molecular weight excluding hydrogens is 213 g/mol. The van der Waals surface area contributed by atoms with Crippen molar-refractivity contribution in [2.24, 2.45) is 4.99 Å². The number of rotatable bonds is 3. The van der Waals surface area contributed by atoms with Crippen molar-refractivity contribution >= 4 is 24.5 Å². The minimum atomic E-state index is -1.50. The van der Waals surface area contributed by atoms with Crippen molar-refractivity contribution < 1.29 is 10.0 Å². The van der Waals surface area contributed by atoms with Crippen LogP contribution in [0.1, 0.15) is 25.0 Å². The molecule has 0 atom stereocenters. The summed E-state index contributed by atoms with van der Waals surface area (Å²) in [5, 5.41) is 18.4. The average Bonchev–Trinajstić information content (AvgIpc) is 2.33. The molecule has 0 aliphatic heterocycles. The van der Waals surface area contributed by atoms with Crippen LogP contribution in [0.3, 0.4) is 0 Å². The van der Waals surface area contributed by atoms with Crippen LogP contribution in [0.2, 0.25) is 0 Å². The summed E-state index contributed by atoms with van der Waals surface area (Å²) in [7, 11) is -1.50. The first-order chi connectivity index (χ1) is 8.07. The van der Waals surface area contributed by atoms with Gasteiger partial charge in [0.25, 0.3) is 0 Å². The molecule has 92 valence electrons. The van der Waals surface area contributed by atoms with E-state index in [1.54, 1.807) is 12.1 Å². The Balaban J connectivity index is 0.00000121. The quantitative estimate of drug-likeness (QED) is 0.618. The minimum absolute atomic E-state index is 0.413. The molecule has 3 nitrogen and oxygen atoms in total. The SMILES string of the molecule is C=CC=Nc1c(B(O)O)ccc(C)c1C.CC. The predicted octanol–water partition coefficient (Wildman–Crippen LogP) is 1.90. The van der Waals surface area contributed by atoms with Gasteiger partial charge in [-0.3, -0.25) is 4.99 Å². The van der Waals surface area contributed by atoms with Crippen molar-refractivity contribution in [1.82, 2.24) is 0 Å². The highest BCUT2D eigenvalue weighted by atomic mass is 16.4. The van der Waals surface area contributed by atoms with Crippen LogP contribution in [0.4, 0.5) is 5.69 Å². The van der Waals surface area contributed by atoms with E-state index in [2.05, 4.69) is 11.6 Å². The van der Waals surface area contributed by atoms with E-state index in [1.807, 2.05) is 33.8 Å². The third-order valence-corrected chi connectivity index (χ3v) is 2.32. The first-order valence-corrected chi connectivity index (χ1v) is 5.69. The Labute approximate surface area is 104 Å². The monoisotopic (exact) mass is 233 g/mol. The molecule has 0 bridgehead atoms. The van der Waals surface area contributed by atoms with Crippen LogP contribution in [0, 0.1) is 13.8 Å². The molecule has 0 saturated carbocycles. The van der Waals surface area contributed by atoms with Crippen molar-refractivity contribution in [2.45, 2.75) is 27.7 Å². The van der Waals surface area contributed by atoms with Crippen molar-refractivity contribution in [2.75, 3.05) is 0 Å². The molecule has 0 amide bonds. The van der Waals surface area contributed by atoms with E-state index < -0.39 is 7.12 Å². The fourth-order valence-corrected chi connectivity index (χ4v) is 1.33. The zero-order valence-electron chi connectivity index (χ0n) is 10.9. The standard InChI is InChI=1S/C11H14BNO2.C2H6/c1-4-7-13-11-9(3)8(2)5-6-10(11)12(14)15;1-2/h4-7,14-15H,1H2,2-3H3;1-2H3. The van der Waals surface area contributed by atoms with Crippen molar-refractivity contribution in [3.05, 3.63) is 35.9 Å². The summed E-state index contributed by atoms with van der Waals surface area (Å²) in [6, 6.07) is 3.51. The summed E-state index contributed by atoms with van der Waals surface area (Å²) in [6.45, 7) is 11.4. The number of nitrogens with zero attached hydrogens (tertiary/aromatic N) is 1. The third-order valence-electron chi connectivity index (χ3n) is 2.32. The lowest BCUT2D eigenvalue weighted by molar-refractivity contribution is 0.426. The highest BCUT2D eigenvalue weighted by molar-refractivity contribution is 6.60. The number of allylic oxidation sites excluding steroid dienone is 1. The fraction of sp³-hybridized carbons (Fsp3) is 0.308. The van der Waals surface area contributed by atoms with Gasteiger partial charge in [0, 0.05) is 11.7 Å². The molecule has 0 aliphatic carbocycles. The molecular formula is C13H20BNO2. The molecule has 1 aromatic carbocycles. The summed E-state index contributed by atoms with van der Waals surface area (Å²) in [5.41, 5.74) is 3.02. The van der Waals surface area contributed by atoms with Crippen LogP contribution in [-0.4, -0.2) is 23.4 Å². The fourth-order valence-electron chi connectivity index (χ4n) is 1.33. The summed E-state index contributed by atoms with van der Waals surface area (Å²) < 4.78 is 0. The summed E-state index contributed by atoms with van der Waals surface area (Å²) in [4.78, 5) is 4.14. The molecule has 0 aliphatic rings. The zero-order valence-corrected chi connectivity index (χ0v) is 10.9. The first kappa shape index (κ1) is 15.6. The Bertz CT molecular complexity index is 401. The topological polar surface area (TPSA) is 52.8 Å². The van der Waals surface area contributed by atoms with E-state index in [-0.39, 0.29) is 0 Å². The maximum Gasteiger partial charge on any atom is 0.490 e. The van der Waals surface area contributed by atoms with Gasteiger partial charge >= 0.3 is 7.12 Å². The van der Waals surface area contributed by atoms with Gasteiger partial charge in [0.2, 0.25) is 0 Å². The highest BCUT2D eigenvalue weighted by Gasteiger charge is 2.17. The van der Waals surface area contributed by atoms with Gasteiger partial charge in [-0.2, -0.15) is 0 Å². The van der Waals surface area contributed by atoms with E-state index in [0.717, 1.165) is 11.1 Å². The lowest BCUT2D eigenvalue weighted by atomic mass is 9.77. The summed E-state index contributed by atoms with van der Waals surface area (Å²) in [5.74, 6) is 0. The highest BCUT2D eigenvalue weighted by Crippen LogP contribution is 2.19. The smallest absolute Gasteiger partial charge is 0.423 e. The van der Waals surface area contributed by atoms with Gasteiger partial charge in [-0.05, 0) is 25.0 Å². The molecule has 0 fully saturated rings. The molecule has 0 heterocycles. The van der Waals surface area contributed by atoms with Gasteiger partial charge in [0.05, 0.1) is 5.69 Å². The van der Waals surface area contributed by atoms with Crippen LogP contribution in [-0.2, 0) is 0 Å². The molecule has 17 heavy (non-hydrogen) atoms. The van der Waals surface area contributed by atoms with Gasteiger partial charge in [0.1, 0.15) is 0 Å². The molecule has 0 unspecified atom stereocenters. The normalized spacial score (nSPS) is 9.76. The molecule has 1 aromatic rings. The molecule has 2 N–H and O–H groups in total. The summed E-state index contributed by atoms with van der Waals surface area (Å²) >= 11 is 0. The van der Waals surface area contributed by atoms with Gasteiger partial charge < -0.3 is 10.0 Å². The maximum absolute atomic E-state index is 9.18. The molecule has 0 spiro atoms. The van der Waals surface area contributed by atoms with E-state index in [1.165, 1.54) is 6.21 Å². The van der Waals surface area contributed by atoms with Gasteiger partial charge in [-0.1, -0.05) is 38.6 Å². The number of aryl methyl sites for hydroxylation is 1. The number of aliphatic imine (C=N–C) groups is 1. The lowest BCUT2D eigenvalue weighted by Gasteiger charge is -2.09. The lowest BCUT2D eigenvalue weighted by Crippen LogP contribution is -2.30. The van der Waals surface area contributed by atoms with E-state index in [4.69, 9.17) is 0 Å². The van der Waals surface area contributed by atoms with Gasteiger partial charge in [0.15, 0.2) is 0 Å². The second-order valence-corrected chi connectivity index (χ2v) is 3.33. The molecule has 0 saturated heterocycles. The van der Waals surface area contributed by atoms with E-state index in [0.29, 0.717) is 11.2 Å². The zero-order chi connectivity index (χ0) is 13.4. The van der Waals surface area contributed by atoms with E-state index in [9.17, 15) is 10.0 Å². The average molecular weight is 233 g/mol. The van der Waals surface area contributed by atoms with Crippen molar-refractivity contribution in [3.8, 4) is 0 Å². The van der Waals surface area contributed by atoms with Crippen LogP contribution in [0.15, 0.2) is 29.8 Å². The number of hydrogen-bond acceptors (Lipinski definition) is 3. The molecule has 1 rings (SSSR count). The Morgan fingerprint density at radius 2 is 1.82 bits per heavy atom. The predicted molar refractivity (Wildman–Crippen MR) is 75.4 cm³/mol. The Morgan fingerprint density at radius 3 is 2.29 bits per heavy atom. The van der Waals surface area contributed by atoms with Crippen molar-refractivity contribution in [1.29, 1.82) is 0 Å². The first-order valence-electron chi connectivity index (χ1n) is 5.69. The Kier molecular flexibility index (Phi) is 7.18. The molecule has 4 heteroatoms. The number of hydrogen-bond donors (Lipinski definition) is 2. The second-order valence-electron chi connectivity index (χ2n) is 3.33. The van der Waals surface area contributed by atoms with Gasteiger partial charge in [-0.15, -0.1) is 0 Å². The third kappa shape index (κ3) is 4.17. The van der Waals surface area contributed by atoms with E-state index >= 15 is 0 Å². The minimum Gasteiger partial charge on any atom is -0.423 e. The summed E-state index contributed by atoms with van der Waals surface area (Å²) in [6.07, 6.45) is 3.09. The largest absolute Gasteiger partial charge is 0.490 e. The Hall–Kier alpha value is -1.39. The van der Waals surface area contributed by atoms with Crippen LogP contribution in [0.5, 0.6) is 0 Å².